The fourth-order valence-corrected chi connectivity index (χ4v) is 3.15. The van der Waals surface area contributed by atoms with Crippen LogP contribution in [0.4, 0.5) is 0 Å². The number of carbonyl (C=O) groups excluding carboxylic acids is 1. The summed E-state index contributed by atoms with van der Waals surface area (Å²) in [6, 6.07) is 7.00. The van der Waals surface area contributed by atoms with E-state index in [-0.39, 0.29) is 30.1 Å². The van der Waals surface area contributed by atoms with Gasteiger partial charge >= 0.3 is 0 Å². The van der Waals surface area contributed by atoms with Crippen LogP contribution in [-0.2, 0) is 15.6 Å². The van der Waals surface area contributed by atoms with Gasteiger partial charge in [0.15, 0.2) is 9.84 Å². The van der Waals surface area contributed by atoms with Crippen molar-refractivity contribution >= 4 is 28.2 Å². The molecule has 1 N–H and O–H groups in total. The van der Waals surface area contributed by atoms with E-state index in [1.165, 1.54) is 6.26 Å². The molecule has 0 aliphatic carbocycles. The Morgan fingerprint density at radius 3 is 2.48 bits per heavy atom. The van der Waals surface area contributed by atoms with Gasteiger partial charge in [-0.1, -0.05) is 12.1 Å². The second kappa shape index (κ2) is 7.24. The third-order valence-corrected chi connectivity index (χ3v) is 4.25. The summed E-state index contributed by atoms with van der Waals surface area (Å²) in [6.45, 7) is 4.33. The summed E-state index contributed by atoms with van der Waals surface area (Å²) in [5.74, 6) is 0.0100. The average molecular weight is 333 g/mol. The molecule has 0 spiro atoms. The number of nitrogens with one attached hydrogen (secondary N) is 1. The predicted molar refractivity (Wildman–Crippen MR) is 85.6 cm³/mol. The standard InChI is InChI=1S/C14H20N2O3S.ClH/c1-11-9-15-7-8-16(11)14(17)13-5-3-12(4-6-13)10-20(2,18)19;/h3-6,11,15H,7-10H2,1-2H3;1H/t11-;/m1./s1. The Labute approximate surface area is 132 Å². The summed E-state index contributed by atoms with van der Waals surface area (Å²) in [5.41, 5.74) is 1.31. The number of benzene rings is 1. The molecule has 1 aromatic rings. The highest BCUT2D eigenvalue weighted by Crippen LogP contribution is 2.13. The van der Waals surface area contributed by atoms with Crippen molar-refractivity contribution in [1.82, 2.24) is 10.2 Å². The molecule has 1 fully saturated rings. The molecule has 118 valence electrons. The van der Waals surface area contributed by atoms with Gasteiger partial charge in [-0.2, -0.15) is 0 Å². The molecule has 1 atom stereocenters. The molecule has 7 heteroatoms. The molecule has 0 aromatic heterocycles. The van der Waals surface area contributed by atoms with Crippen LogP contribution in [0.15, 0.2) is 24.3 Å². The molecule has 1 amide bonds. The minimum atomic E-state index is -3.04. The van der Waals surface area contributed by atoms with E-state index >= 15 is 0 Å². The number of piperazine rings is 1. The van der Waals surface area contributed by atoms with E-state index < -0.39 is 9.84 Å². The minimum Gasteiger partial charge on any atom is -0.333 e. The van der Waals surface area contributed by atoms with Crippen molar-refractivity contribution in [2.45, 2.75) is 18.7 Å². The maximum Gasteiger partial charge on any atom is 0.254 e. The monoisotopic (exact) mass is 332 g/mol. The third-order valence-electron chi connectivity index (χ3n) is 3.39. The summed E-state index contributed by atoms with van der Waals surface area (Å²) < 4.78 is 22.5. The van der Waals surface area contributed by atoms with Gasteiger partial charge in [0.25, 0.3) is 5.91 Å². The summed E-state index contributed by atoms with van der Waals surface area (Å²) in [5, 5.41) is 3.25. The van der Waals surface area contributed by atoms with Crippen molar-refractivity contribution in [3.63, 3.8) is 0 Å². The summed E-state index contributed by atoms with van der Waals surface area (Å²) in [4.78, 5) is 14.2. The molecule has 0 saturated carbocycles. The Morgan fingerprint density at radius 2 is 1.95 bits per heavy atom. The summed E-state index contributed by atoms with van der Waals surface area (Å²) in [7, 11) is -3.04. The van der Waals surface area contributed by atoms with Crippen LogP contribution in [0.25, 0.3) is 0 Å². The van der Waals surface area contributed by atoms with Crippen LogP contribution in [0.5, 0.6) is 0 Å². The number of rotatable bonds is 3. The van der Waals surface area contributed by atoms with Crippen molar-refractivity contribution in [2.24, 2.45) is 0 Å². The molecule has 5 nitrogen and oxygen atoms in total. The molecule has 0 bridgehead atoms. The second-order valence-electron chi connectivity index (χ2n) is 5.32. The van der Waals surface area contributed by atoms with Gasteiger partial charge in [-0.05, 0) is 24.6 Å². The number of sulfone groups is 1. The Hall–Kier alpha value is -1.11. The van der Waals surface area contributed by atoms with E-state index in [0.717, 1.165) is 13.1 Å². The van der Waals surface area contributed by atoms with E-state index in [9.17, 15) is 13.2 Å². The minimum absolute atomic E-state index is 0. The number of nitrogens with zero attached hydrogens (tertiary/aromatic N) is 1. The topological polar surface area (TPSA) is 66.5 Å². The molecule has 2 rings (SSSR count). The Balaban J connectivity index is 0.00000220. The van der Waals surface area contributed by atoms with Gasteiger partial charge in [-0.3, -0.25) is 4.79 Å². The Kier molecular flexibility index (Phi) is 6.19. The fourth-order valence-electron chi connectivity index (χ4n) is 2.35. The lowest BCUT2D eigenvalue weighted by molar-refractivity contribution is 0.0656. The summed E-state index contributed by atoms with van der Waals surface area (Å²) >= 11 is 0. The number of hydrogen-bond donors (Lipinski definition) is 1. The molecule has 1 aromatic carbocycles. The van der Waals surface area contributed by atoms with Crippen molar-refractivity contribution in [3.8, 4) is 0 Å². The van der Waals surface area contributed by atoms with E-state index in [0.29, 0.717) is 17.7 Å². The third kappa shape index (κ3) is 4.98. The highest BCUT2D eigenvalue weighted by atomic mass is 35.5. The largest absolute Gasteiger partial charge is 0.333 e. The SMILES string of the molecule is C[C@@H]1CNCCN1C(=O)c1ccc(CS(C)(=O)=O)cc1.Cl. The first-order valence-corrected chi connectivity index (χ1v) is 8.71. The van der Waals surface area contributed by atoms with E-state index in [2.05, 4.69) is 5.32 Å². The van der Waals surface area contributed by atoms with Gasteiger partial charge in [0.05, 0.1) is 5.75 Å². The predicted octanol–water partition coefficient (Wildman–Crippen LogP) is 1.09. The lowest BCUT2D eigenvalue weighted by Crippen LogP contribution is -2.52. The van der Waals surface area contributed by atoms with Crippen LogP contribution in [0.1, 0.15) is 22.8 Å². The second-order valence-corrected chi connectivity index (χ2v) is 7.46. The van der Waals surface area contributed by atoms with Gasteiger partial charge in [0.1, 0.15) is 0 Å². The van der Waals surface area contributed by atoms with Gasteiger partial charge in [0, 0.05) is 37.5 Å². The van der Waals surface area contributed by atoms with Crippen molar-refractivity contribution in [3.05, 3.63) is 35.4 Å². The lowest BCUT2D eigenvalue weighted by Gasteiger charge is -2.34. The highest BCUT2D eigenvalue weighted by molar-refractivity contribution is 7.89. The van der Waals surface area contributed by atoms with Crippen molar-refractivity contribution in [1.29, 1.82) is 0 Å². The van der Waals surface area contributed by atoms with Gasteiger partial charge < -0.3 is 10.2 Å². The Morgan fingerprint density at radius 1 is 1.33 bits per heavy atom. The van der Waals surface area contributed by atoms with Crippen LogP contribution >= 0.6 is 12.4 Å². The molecule has 0 unspecified atom stereocenters. The zero-order valence-electron chi connectivity index (χ0n) is 12.2. The van der Waals surface area contributed by atoms with Gasteiger partial charge in [-0.15, -0.1) is 12.4 Å². The van der Waals surface area contributed by atoms with E-state index in [4.69, 9.17) is 0 Å². The quantitative estimate of drug-likeness (QED) is 0.899. The normalized spacial score (nSPS) is 19.0. The van der Waals surface area contributed by atoms with E-state index in [1.54, 1.807) is 24.3 Å². The van der Waals surface area contributed by atoms with Gasteiger partial charge in [0.2, 0.25) is 0 Å². The zero-order valence-corrected chi connectivity index (χ0v) is 13.8. The highest BCUT2D eigenvalue weighted by Gasteiger charge is 2.23. The number of amides is 1. The molecule has 1 aliphatic heterocycles. The molecular formula is C14H21ClN2O3S. The lowest BCUT2D eigenvalue weighted by atomic mass is 10.1. The maximum atomic E-state index is 12.4. The fraction of sp³-hybridized carbons (Fsp3) is 0.500. The summed E-state index contributed by atoms with van der Waals surface area (Å²) in [6.07, 6.45) is 1.20. The van der Waals surface area contributed by atoms with Crippen LogP contribution in [0.2, 0.25) is 0 Å². The van der Waals surface area contributed by atoms with Crippen LogP contribution < -0.4 is 5.32 Å². The van der Waals surface area contributed by atoms with Crippen molar-refractivity contribution in [2.75, 3.05) is 25.9 Å². The zero-order chi connectivity index (χ0) is 14.8. The van der Waals surface area contributed by atoms with E-state index in [1.807, 2.05) is 11.8 Å². The van der Waals surface area contributed by atoms with Gasteiger partial charge in [-0.25, -0.2) is 8.42 Å². The molecule has 0 radical (unpaired) electrons. The van der Waals surface area contributed by atoms with Crippen LogP contribution in [0, 0.1) is 0 Å². The smallest absolute Gasteiger partial charge is 0.254 e. The van der Waals surface area contributed by atoms with Crippen molar-refractivity contribution < 1.29 is 13.2 Å². The molecule has 1 aliphatic rings. The molecule has 1 saturated heterocycles. The number of halogens is 1. The van der Waals surface area contributed by atoms with Crippen LogP contribution in [0.3, 0.4) is 0 Å². The molecule has 21 heavy (non-hydrogen) atoms. The van der Waals surface area contributed by atoms with Crippen LogP contribution in [-0.4, -0.2) is 51.2 Å². The first-order valence-electron chi connectivity index (χ1n) is 6.65. The maximum absolute atomic E-state index is 12.4. The first kappa shape index (κ1) is 17.9. The number of carbonyl (C=O) groups is 1. The number of hydrogen-bond acceptors (Lipinski definition) is 4. The molecular weight excluding hydrogens is 312 g/mol. The Bertz CT molecular complexity index is 587. The average Bonchev–Trinajstić information content (AvgIpc) is 2.37. The molecule has 1 heterocycles. The first-order chi connectivity index (χ1) is 9.37.